The van der Waals surface area contributed by atoms with Crippen LogP contribution in [0.25, 0.3) is 0 Å². The largest absolute Gasteiger partial charge is 0.314 e. The number of hydrogen-bond acceptors (Lipinski definition) is 2. The van der Waals surface area contributed by atoms with Gasteiger partial charge in [0.1, 0.15) is 0 Å². The zero-order valence-electron chi connectivity index (χ0n) is 8.76. The van der Waals surface area contributed by atoms with Crippen molar-refractivity contribution in [2.75, 3.05) is 26.7 Å². The van der Waals surface area contributed by atoms with Gasteiger partial charge in [-0.2, -0.15) is 0 Å². The summed E-state index contributed by atoms with van der Waals surface area (Å²) in [6.45, 7) is 3.85. The molecular weight excluding hydrogens is 160 g/mol. The second-order valence-electron chi connectivity index (χ2n) is 4.78. The van der Waals surface area contributed by atoms with Crippen LogP contribution in [0, 0.1) is 5.92 Å². The first-order valence-electron chi connectivity index (χ1n) is 5.76. The first kappa shape index (κ1) is 9.47. The first-order chi connectivity index (χ1) is 6.34. The molecule has 1 aliphatic carbocycles. The Kier molecular flexibility index (Phi) is 3.23. The zero-order valence-corrected chi connectivity index (χ0v) is 8.76. The maximum atomic E-state index is 3.72. The van der Waals surface area contributed by atoms with E-state index < -0.39 is 0 Å². The van der Waals surface area contributed by atoms with E-state index in [2.05, 4.69) is 17.3 Å². The molecule has 76 valence electrons. The molecule has 0 amide bonds. The van der Waals surface area contributed by atoms with Crippen LogP contribution in [-0.4, -0.2) is 37.6 Å². The molecule has 0 aromatic carbocycles. The van der Waals surface area contributed by atoms with Crippen molar-refractivity contribution in [3.8, 4) is 0 Å². The monoisotopic (exact) mass is 182 g/mol. The van der Waals surface area contributed by atoms with Gasteiger partial charge >= 0.3 is 0 Å². The maximum Gasteiger partial charge on any atom is 0.00915 e. The molecule has 2 heteroatoms. The summed E-state index contributed by atoms with van der Waals surface area (Å²) < 4.78 is 0. The summed E-state index contributed by atoms with van der Waals surface area (Å²) >= 11 is 0. The SMILES string of the molecule is CN1CCC(NCC2CCC2)CC1. The van der Waals surface area contributed by atoms with Gasteiger partial charge < -0.3 is 10.2 Å². The van der Waals surface area contributed by atoms with Crippen LogP contribution in [0.1, 0.15) is 32.1 Å². The lowest BCUT2D eigenvalue weighted by Gasteiger charge is -2.32. The smallest absolute Gasteiger partial charge is 0.00915 e. The van der Waals surface area contributed by atoms with Gasteiger partial charge in [0.25, 0.3) is 0 Å². The topological polar surface area (TPSA) is 15.3 Å². The lowest BCUT2D eigenvalue weighted by molar-refractivity contribution is 0.215. The van der Waals surface area contributed by atoms with Crippen molar-refractivity contribution in [3.63, 3.8) is 0 Å². The van der Waals surface area contributed by atoms with Crippen LogP contribution in [0.3, 0.4) is 0 Å². The molecule has 0 aromatic heterocycles. The van der Waals surface area contributed by atoms with Gasteiger partial charge in [-0.25, -0.2) is 0 Å². The van der Waals surface area contributed by atoms with Crippen LogP contribution >= 0.6 is 0 Å². The van der Waals surface area contributed by atoms with Crippen molar-refractivity contribution < 1.29 is 0 Å². The van der Waals surface area contributed by atoms with E-state index in [0.29, 0.717) is 0 Å². The maximum absolute atomic E-state index is 3.72. The summed E-state index contributed by atoms with van der Waals surface area (Å²) in [7, 11) is 2.22. The second-order valence-corrected chi connectivity index (χ2v) is 4.78. The minimum absolute atomic E-state index is 0.816. The molecule has 0 bridgehead atoms. The Morgan fingerprint density at radius 1 is 1.15 bits per heavy atom. The number of hydrogen-bond donors (Lipinski definition) is 1. The molecular formula is C11H22N2. The summed E-state index contributed by atoms with van der Waals surface area (Å²) in [6.07, 6.45) is 7.12. The Morgan fingerprint density at radius 2 is 1.85 bits per heavy atom. The predicted molar refractivity (Wildman–Crippen MR) is 55.9 cm³/mol. The molecule has 0 atom stereocenters. The van der Waals surface area contributed by atoms with E-state index in [1.807, 2.05) is 0 Å². The Morgan fingerprint density at radius 3 is 2.38 bits per heavy atom. The van der Waals surface area contributed by atoms with E-state index in [1.165, 1.54) is 51.7 Å². The van der Waals surface area contributed by atoms with Crippen LogP contribution in [0.15, 0.2) is 0 Å². The summed E-state index contributed by atoms with van der Waals surface area (Å²) in [5, 5.41) is 3.72. The molecule has 0 unspecified atom stereocenters. The molecule has 2 nitrogen and oxygen atoms in total. The van der Waals surface area contributed by atoms with Gasteiger partial charge in [-0.3, -0.25) is 0 Å². The fourth-order valence-corrected chi connectivity index (χ4v) is 2.24. The quantitative estimate of drug-likeness (QED) is 0.711. The van der Waals surface area contributed by atoms with E-state index in [-0.39, 0.29) is 0 Å². The Balaban J connectivity index is 1.59. The molecule has 0 spiro atoms. The van der Waals surface area contributed by atoms with Crippen molar-refractivity contribution in [1.82, 2.24) is 10.2 Å². The fourth-order valence-electron chi connectivity index (χ4n) is 2.24. The molecule has 1 saturated heterocycles. The van der Waals surface area contributed by atoms with E-state index in [1.54, 1.807) is 0 Å². The fraction of sp³-hybridized carbons (Fsp3) is 1.00. The number of piperidine rings is 1. The van der Waals surface area contributed by atoms with Crippen LogP contribution in [0.4, 0.5) is 0 Å². The summed E-state index contributed by atoms with van der Waals surface area (Å²) in [4.78, 5) is 2.43. The normalized spacial score (nSPS) is 27.5. The van der Waals surface area contributed by atoms with Crippen LogP contribution < -0.4 is 5.32 Å². The second kappa shape index (κ2) is 4.43. The average molecular weight is 182 g/mol. The highest BCUT2D eigenvalue weighted by atomic mass is 15.1. The molecule has 1 aliphatic heterocycles. The van der Waals surface area contributed by atoms with E-state index in [4.69, 9.17) is 0 Å². The van der Waals surface area contributed by atoms with Crippen molar-refractivity contribution in [2.45, 2.75) is 38.1 Å². The Bertz CT molecular complexity index is 146. The van der Waals surface area contributed by atoms with Gasteiger partial charge in [-0.1, -0.05) is 6.42 Å². The number of nitrogens with one attached hydrogen (secondary N) is 1. The van der Waals surface area contributed by atoms with E-state index in [0.717, 1.165) is 12.0 Å². The molecule has 13 heavy (non-hydrogen) atoms. The van der Waals surface area contributed by atoms with Gasteiger partial charge in [0.05, 0.1) is 0 Å². The lowest BCUT2D eigenvalue weighted by Crippen LogP contribution is -2.43. The molecule has 0 radical (unpaired) electrons. The molecule has 1 heterocycles. The highest BCUT2D eigenvalue weighted by Gasteiger charge is 2.20. The van der Waals surface area contributed by atoms with Crippen molar-refractivity contribution in [1.29, 1.82) is 0 Å². The standard InChI is InChI=1S/C11H22N2/c1-13-7-5-11(6-8-13)12-9-10-3-2-4-10/h10-12H,2-9H2,1H3. The van der Waals surface area contributed by atoms with Gasteiger partial charge in [-0.05, 0) is 58.3 Å². The van der Waals surface area contributed by atoms with Gasteiger partial charge in [0.15, 0.2) is 0 Å². The number of likely N-dealkylation sites (tertiary alicyclic amines) is 1. The Hall–Kier alpha value is -0.0800. The van der Waals surface area contributed by atoms with Crippen molar-refractivity contribution >= 4 is 0 Å². The third-order valence-corrected chi connectivity index (χ3v) is 3.64. The molecule has 2 aliphatic rings. The first-order valence-corrected chi connectivity index (χ1v) is 5.76. The van der Waals surface area contributed by atoms with Crippen LogP contribution in [-0.2, 0) is 0 Å². The highest BCUT2D eigenvalue weighted by Crippen LogP contribution is 2.25. The van der Waals surface area contributed by atoms with Gasteiger partial charge in [0, 0.05) is 6.04 Å². The third-order valence-electron chi connectivity index (χ3n) is 3.64. The molecule has 1 N–H and O–H groups in total. The number of rotatable bonds is 3. The predicted octanol–water partition coefficient (Wildman–Crippen LogP) is 1.47. The number of nitrogens with zero attached hydrogens (tertiary/aromatic N) is 1. The summed E-state index contributed by atoms with van der Waals surface area (Å²) in [5.41, 5.74) is 0. The van der Waals surface area contributed by atoms with Crippen LogP contribution in [0.5, 0.6) is 0 Å². The van der Waals surface area contributed by atoms with Crippen molar-refractivity contribution in [2.24, 2.45) is 5.92 Å². The zero-order chi connectivity index (χ0) is 9.10. The van der Waals surface area contributed by atoms with Crippen LogP contribution in [0.2, 0.25) is 0 Å². The Labute approximate surface area is 81.7 Å². The summed E-state index contributed by atoms with van der Waals surface area (Å²) in [5.74, 6) is 1.01. The molecule has 0 aromatic rings. The van der Waals surface area contributed by atoms with E-state index >= 15 is 0 Å². The highest BCUT2D eigenvalue weighted by molar-refractivity contribution is 4.78. The summed E-state index contributed by atoms with van der Waals surface area (Å²) in [6, 6.07) is 0.816. The molecule has 2 fully saturated rings. The lowest BCUT2D eigenvalue weighted by atomic mass is 9.85. The van der Waals surface area contributed by atoms with Crippen molar-refractivity contribution in [3.05, 3.63) is 0 Å². The molecule has 1 saturated carbocycles. The van der Waals surface area contributed by atoms with Gasteiger partial charge in [0.2, 0.25) is 0 Å². The third kappa shape index (κ3) is 2.68. The van der Waals surface area contributed by atoms with Gasteiger partial charge in [-0.15, -0.1) is 0 Å². The van der Waals surface area contributed by atoms with E-state index in [9.17, 15) is 0 Å². The average Bonchev–Trinajstić information content (AvgIpc) is 2.05. The molecule has 2 rings (SSSR count). The minimum atomic E-state index is 0.816. The minimum Gasteiger partial charge on any atom is -0.314 e.